The Hall–Kier alpha value is -4.11. The summed E-state index contributed by atoms with van der Waals surface area (Å²) in [6, 6.07) is 10.9. The van der Waals surface area contributed by atoms with Crippen molar-refractivity contribution in [2.45, 2.75) is 6.92 Å². The van der Waals surface area contributed by atoms with Crippen LogP contribution >= 0.6 is 0 Å². The van der Waals surface area contributed by atoms with Gasteiger partial charge in [0.15, 0.2) is 11.3 Å². The number of benzene rings is 1. The van der Waals surface area contributed by atoms with Crippen LogP contribution in [-0.4, -0.2) is 60.5 Å². The van der Waals surface area contributed by atoms with Gasteiger partial charge in [0.2, 0.25) is 11.7 Å². The average molecular weight is 463 g/mol. The molecule has 0 radical (unpaired) electrons. The molecular formula is C25H26N4O5. The van der Waals surface area contributed by atoms with E-state index in [4.69, 9.17) is 14.2 Å². The maximum atomic E-state index is 13.2. The second-order valence-electron chi connectivity index (χ2n) is 7.78. The number of aromatic amines is 1. The molecule has 2 aromatic heterocycles. The van der Waals surface area contributed by atoms with E-state index in [0.717, 1.165) is 11.9 Å². The summed E-state index contributed by atoms with van der Waals surface area (Å²) in [5, 5.41) is 3.87. The Kier molecular flexibility index (Phi) is 6.93. The van der Waals surface area contributed by atoms with Gasteiger partial charge in [0.05, 0.1) is 12.3 Å². The van der Waals surface area contributed by atoms with Crippen molar-refractivity contribution in [1.82, 2.24) is 14.9 Å². The van der Waals surface area contributed by atoms with Crippen LogP contribution in [-0.2, 0) is 19.1 Å². The lowest BCUT2D eigenvalue weighted by Crippen LogP contribution is -2.20. The molecule has 0 fully saturated rings. The van der Waals surface area contributed by atoms with Crippen molar-refractivity contribution in [3.05, 3.63) is 71.6 Å². The van der Waals surface area contributed by atoms with Crippen LogP contribution in [0.1, 0.15) is 12.5 Å². The van der Waals surface area contributed by atoms with Gasteiger partial charge in [0.25, 0.3) is 0 Å². The fourth-order valence-electron chi connectivity index (χ4n) is 3.40. The summed E-state index contributed by atoms with van der Waals surface area (Å²) in [6.07, 6.45) is 4.98. The molecule has 0 spiro atoms. The number of anilines is 1. The third-order valence-corrected chi connectivity index (χ3v) is 5.07. The zero-order valence-electron chi connectivity index (χ0n) is 19.3. The summed E-state index contributed by atoms with van der Waals surface area (Å²) < 4.78 is 16.9. The fourth-order valence-corrected chi connectivity index (χ4v) is 3.40. The third kappa shape index (κ3) is 4.94. The van der Waals surface area contributed by atoms with Gasteiger partial charge in [0, 0.05) is 29.9 Å². The lowest BCUT2D eigenvalue weighted by Gasteiger charge is -2.15. The molecule has 0 aliphatic carbocycles. The van der Waals surface area contributed by atoms with Crippen molar-refractivity contribution in [1.29, 1.82) is 0 Å². The third-order valence-electron chi connectivity index (χ3n) is 5.07. The highest BCUT2D eigenvalue weighted by Gasteiger charge is 2.37. The van der Waals surface area contributed by atoms with E-state index >= 15 is 0 Å². The molecule has 4 rings (SSSR count). The summed E-state index contributed by atoms with van der Waals surface area (Å²) >= 11 is 0. The molecule has 0 bridgehead atoms. The number of esters is 1. The van der Waals surface area contributed by atoms with E-state index in [1.54, 1.807) is 43.6 Å². The number of nitrogens with zero attached hydrogens (tertiary/aromatic N) is 2. The Bertz CT molecular complexity index is 1280. The van der Waals surface area contributed by atoms with Crippen molar-refractivity contribution < 1.29 is 23.8 Å². The topological polar surface area (TPSA) is 106 Å². The Balaban J connectivity index is 1.65. The van der Waals surface area contributed by atoms with Crippen LogP contribution in [0.4, 0.5) is 5.69 Å². The predicted octanol–water partition coefficient (Wildman–Crippen LogP) is 3.33. The van der Waals surface area contributed by atoms with Gasteiger partial charge in [-0.25, -0.2) is 9.78 Å². The van der Waals surface area contributed by atoms with E-state index in [1.165, 1.54) is 0 Å². The minimum absolute atomic E-state index is 0.00122. The highest BCUT2D eigenvalue weighted by atomic mass is 16.5. The molecule has 34 heavy (non-hydrogen) atoms. The fraction of sp³-hybridized carbons (Fsp3) is 0.240. The minimum Gasteiger partial charge on any atom is -0.490 e. The Morgan fingerprint density at radius 2 is 2.06 bits per heavy atom. The smallest absolute Gasteiger partial charge is 0.347 e. The van der Waals surface area contributed by atoms with E-state index in [-0.39, 0.29) is 23.8 Å². The van der Waals surface area contributed by atoms with Crippen LogP contribution in [0.15, 0.2) is 66.0 Å². The number of allylic oxidation sites excluding steroid dienone is 1. The Labute approximate surface area is 197 Å². The molecule has 1 aliphatic rings. The highest BCUT2D eigenvalue weighted by molar-refractivity contribution is 6.26. The standard InChI is InChI=1S/C25H26N4O5/c1-4-32-25(31)21-22(30)20(14-16-15-27-23-17(16)8-7-11-26-23)34-24(21)28-18-9-5-6-10-19(18)33-13-12-29(2)3/h5-11,14-15,28H,4,12-13H2,1-3H3,(H,26,27)/b20-14-. The second-order valence-corrected chi connectivity index (χ2v) is 7.78. The number of fused-ring (bicyclic) bond motifs is 1. The SMILES string of the molecule is CCOC(=O)C1=C(Nc2ccccc2OCCN(C)C)O/C(=C\c2c[nH]c3ncccc23)C1=O. The summed E-state index contributed by atoms with van der Waals surface area (Å²) in [5.41, 5.74) is 1.75. The van der Waals surface area contributed by atoms with Crippen molar-refractivity contribution >= 4 is 34.5 Å². The van der Waals surface area contributed by atoms with Crippen LogP contribution in [0.25, 0.3) is 17.1 Å². The molecular weight excluding hydrogens is 436 g/mol. The molecule has 9 heteroatoms. The average Bonchev–Trinajstić information content (AvgIpc) is 3.36. The molecule has 2 N–H and O–H groups in total. The van der Waals surface area contributed by atoms with E-state index in [0.29, 0.717) is 29.3 Å². The van der Waals surface area contributed by atoms with E-state index in [9.17, 15) is 9.59 Å². The van der Waals surface area contributed by atoms with Crippen molar-refractivity contribution in [3.8, 4) is 5.75 Å². The van der Waals surface area contributed by atoms with Crippen LogP contribution in [0.3, 0.4) is 0 Å². The molecule has 0 saturated carbocycles. The van der Waals surface area contributed by atoms with Crippen LogP contribution < -0.4 is 10.1 Å². The molecule has 0 unspecified atom stereocenters. The first-order valence-electron chi connectivity index (χ1n) is 10.9. The second kappa shape index (κ2) is 10.2. The van der Waals surface area contributed by atoms with E-state index < -0.39 is 11.8 Å². The van der Waals surface area contributed by atoms with Gasteiger partial charge in [-0.15, -0.1) is 0 Å². The largest absolute Gasteiger partial charge is 0.490 e. The van der Waals surface area contributed by atoms with Gasteiger partial charge in [-0.2, -0.15) is 0 Å². The number of aromatic nitrogens is 2. The molecule has 176 valence electrons. The van der Waals surface area contributed by atoms with Gasteiger partial charge in [-0.05, 0) is 51.4 Å². The Morgan fingerprint density at radius 3 is 2.85 bits per heavy atom. The molecule has 0 atom stereocenters. The monoisotopic (exact) mass is 462 g/mol. The molecule has 9 nitrogen and oxygen atoms in total. The molecule has 1 aliphatic heterocycles. The summed E-state index contributed by atoms with van der Waals surface area (Å²) in [5.74, 6) is -0.760. The first-order chi connectivity index (χ1) is 16.5. The number of pyridine rings is 1. The molecule has 3 heterocycles. The maximum Gasteiger partial charge on any atom is 0.347 e. The van der Waals surface area contributed by atoms with Gasteiger partial charge >= 0.3 is 5.97 Å². The number of Topliss-reactive ketones (excluding diaryl/α,β-unsaturated/α-hetero) is 1. The number of carbonyl (C=O) groups excluding carboxylic acids is 2. The van der Waals surface area contributed by atoms with E-state index in [1.807, 2.05) is 37.2 Å². The number of rotatable bonds is 9. The molecule has 1 aromatic carbocycles. The van der Waals surface area contributed by atoms with E-state index in [2.05, 4.69) is 15.3 Å². The number of para-hydroxylation sites is 2. The number of nitrogens with one attached hydrogen (secondary N) is 2. The van der Waals surface area contributed by atoms with Gasteiger partial charge in [0.1, 0.15) is 18.0 Å². The molecule has 0 saturated heterocycles. The van der Waals surface area contributed by atoms with Gasteiger partial charge < -0.3 is 29.4 Å². The van der Waals surface area contributed by atoms with Crippen molar-refractivity contribution in [3.63, 3.8) is 0 Å². The first-order valence-corrected chi connectivity index (χ1v) is 10.9. The quantitative estimate of drug-likeness (QED) is 0.283. The first kappa shape index (κ1) is 23.1. The van der Waals surface area contributed by atoms with Crippen LogP contribution in [0.2, 0.25) is 0 Å². The molecule has 0 amide bonds. The number of H-pyrrole nitrogens is 1. The Morgan fingerprint density at radius 1 is 1.24 bits per heavy atom. The summed E-state index contributed by atoms with van der Waals surface area (Å²) in [6.45, 7) is 3.00. The molecule has 3 aromatic rings. The number of ether oxygens (including phenoxy) is 3. The van der Waals surface area contributed by atoms with Crippen molar-refractivity contribution in [2.24, 2.45) is 0 Å². The highest BCUT2D eigenvalue weighted by Crippen LogP contribution is 2.33. The van der Waals surface area contributed by atoms with Gasteiger partial charge in [-0.1, -0.05) is 12.1 Å². The zero-order chi connectivity index (χ0) is 24.1. The number of carbonyl (C=O) groups is 2. The zero-order valence-corrected chi connectivity index (χ0v) is 19.3. The van der Waals surface area contributed by atoms with Crippen molar-refractivity contribution in [2.75, 3.05) is 39.2 Å². The summed E-state index contributed by atoms with van der Waals surface area (Å²) in [7, 11) is 3.92. The number of hydrogen-bond donors (Lipinski definition) is 2. The normalized spacial score (nSPS) is 14.7. The predicted molar refractivity (Wildman–Crippen MR) is 128 cm³/mol. The number of hydrogen-bond acceptors (Lipinski definition) is 8. The van der Waals surface area contributed by atoms with Crippen LogP contribution in [0, 0.1) is 0 Å². The lowest BCUT2D eigenvalue weighted by molar-refractivity contribution is -0.139. The summed E-state index contributed by atoms with van der Waals surface area (Å²) in [4.78, 5) is 35.1. The lowest BCUT2D eigenvalue weighted by atomic mass is 10.1. The maximum absolute atomic E-state index is 13.2. The van der Waals surface area contributed by atoms with Crippen LogP contribution in [0.5, 0.6) is 5.75 Å². The number of likely N-dealkylation sites (N-methyl/N-ethyl adjacent to an activating group) is 1. The minimum atomic E-state index is -0.759. The van der Waals surface area contributed by atoms with Gasteiger partial charge in [-0.3, -0.25) is 4.79 Å². The number of ketones is 1.